The molecule has 3 rings (SSSR count). The van der Waals surface area contributed by atoms with Gasteiger partial charge in [-0.25, -0.2) is 0 Å². The maximum atomic E-state index is 12.6. The van der Waals surface area contributed by atoms with Crippen molar-refractivity contribution < 1.29 is 14.4 Å². The minimum absolute atomic E-state index is 0.151. The predicted molar refractivity (Wildman–Crippen MR) is 92.7 cm³/mol. The fourth-order valence-electron chi connectivity index (χ4n) is 3.07. The zero-order valence-electron chi connectivity index (χ0n) is 12.7. The van der Waals surface area contributed by atoms with Gasteiger partial charge in [0.05, 0.1) is 5.02 Å². The highest BCUT2D eigenvalue weighted by molar-refractivity contribution is 6.38. The number of carbonyl (C=O) groups is 3. The third-order valence-corrected chi connectivity index (χ3v) is 4.82. The van der Waals surface area contributed by atoms with Gasteiger partial charge in [-0.2, -0.15) is 0 Å². The van der Waals surface area contributed by atoms with E-state index in [9.17, 15) is 14.4 Å². The second kappa shape index (κ2) is 6.88. The van der Waals surface area contributed by atoms with E-state index in [0.29, 0.717) is 5.02 Å². The van der Waals surface area contributed by atoms with Crippen LogP contribution in [0.1, 0.15) is 34.7 Å². The first-order chi connectivity index (χ1) is 11.5. The van der Waals surface area contributed by atoms with E-state index < -0.39 is 11.7 Å². The van der Waals surface area contributed by atoms with Gasteiger partial charge in [0.25, 0.3) is 0 Å². The lowest BCUT2D eigenvalue weighted by Crippen LogP contribution is -2.38. The van der Waals surface area contributed by atoms with Gasteiger partial charge in [-0.1, -0.05) is 53.5 Å². The quantitative estimate of drug-likeness (QED) is 0.597. The Kier molecular flexibility index (Phi) is 4.83. The summed E-state index contributed by atoms with van der Waals surface area (Å²) in [6.45, 7) is 0. The molecule has 3 nitrogen and oxygen atoms in total. The van der Waals surface area contributed by atoms with E-state index in [-0.39, 0.29) is 40.9 Å². The molecule has 0 bridgehead atoms. The van der Waals surface area contributed by atoms with Crippen molar-refractivity contribution in [1.82, 2.24) is 0 Å². The van der Waals surface area contributed by atoms with E-state index >= 15 is 0 Å². The van der Waals surface area contributed by atoms with Gasteiger partial charge >= 0.3 is 0 Å². The molecular weight excluding hydrogens is 347 g/mol. The van der Waals surface area contributed by atoms with Crippen LogP contribution in [0.4, 0.5) is 0 Å². The minimum atomic E-state index is -1.26. The summed E-state index contributed by atoms with van der Waals surface area (Å²) in [5, 5.41) is 0.542. The summed E-state index contributed by atoms with van der Waals surface area (Å²) in [7, 11) is 0. The van der Waals surface area contributed by atoms with Crippen LogP contribution in [0.3, 0.4) is 0 Å². The maximum Gasteiger partial charge on any atom is 0.182 e. The zero-order valence-corrected chi connectivity index (χ0v) is 14.2. The molecule has 0 radical (unpaired) electrons. The summed E-state index contributed by atoms with van der Waals surface area (Å²) < 4.78 is 0. The third kappa shape index (κ3) is 3.28. The molecule has 0 aliphatic heterocycles. The summed E-state index contributed by atoms with van der Waals surface area (Å²) in [5.41, 5.74) is 1.10. The number of ketones is 3. The lowest BCUT2D eigenvalue weighted by molar-refractivity contribution is -0.133. The Labute approximate surface area is 149 Å². The summed E-state index contributed by atoms with van der Waals surface area (Å²) >= 11 is 11.9. The molecule has 2 aromatic rings. The topological polar surface area (TPSA) is 51.2 Å². The van der Waals surface area contributed by atoms with Crippen molar-refractivity contribution in [3.8, 4) is 0 Å². The normalized spacial score (nSPS) is 20.9. The van der Waals surface area contributed by atoms with Crippen molar-refractivity contribution >= 4 is 40.6 Å². The van der Waals surface area contributed by atoms with Crippen molar-refractivity contribution in [3.05, 3.63) is 69.7 Å². The second-order valence-electron chi connectivity index (χ2n) is 5.87. The molecule has 2 aromatic carbocycles. The van der Waals surface area contributed by atoms with E-state index in [1.807, 2.05) is 30.3 Å². The molecule has 0 amide bonds. The summed E-state index contributed by atoms with van der Waals surface area (Å²) in [5.74, 6) is -2.68. The summed E-state index contributed by atoms with van der Waals surface area (Å²) in [6.07, 6.45) is 0.356. The van der Waals surface area contributed by atoms with Crippen molar-refractivity contribution in [2.75, 3.05) is 0 Å². The molecule has 0 heterocycles. The molecule has 0 N–H and O–H groups in total. The Balaban J connectivity index is 1.84. The zero-order chi connectivity index (χ0) is 17.3. The first-order valence-corrected chi connectivity index (χ1v) is 8.32. The molecule has 0 spiro atoms. The van der Waals surface area contributed by atoms with E-state index in [2.05, 4.69) is 0 Å². The number of Topliss-reactive ketones (excluding diaryl/α,β-unsaturated/α-hetero) is 3. The fraction of sp³-hybridized carbons (Fsp3) is 0.211. The van der Waals surface area contributed by atoms with Gasteiger partial charge in [0.1, 0.15) is 5.92 Å². The molecule has 1 fully saturated rings. The lowest BCUT2D eigenvalue weighted by Gasteiger charge is -2.26. The molecule has 0 atom stereocenters. The number of carbonyl (C=O) groups excluding carboxylic acids is 3. The van der Waals surface area contributed by atoms with Crippen LogP contribution in [0.2, 0.25) is 10.0 Å². The Hall–Kier alpha value is -1.97. The number of hydrogen-bond donors (Lipinski definition) is 0. The smallest absolute Gasteiger partial charge is 0.182 e. The van der Waals surface area contributed by atoms with Gasteiger partial charge in [-0.15, -0.1) is 0 Å². The van der Waals surface area contributed by atoms with Crippen LogP contribution in [-0.4, -0.2) is 17.3 Å². The highest BCUT2D eigenvalue weighted by Gasteiger charge is 2.41. The first-order valence-electron chi connectivity index (χ1n) is 7.57. The van der Waals surface area contributed by atoms with E-state index in [4.69, 9.17) is 23.2 Å². The third-order valence-electron chi connectivity index (χ3n) is 4.27. The number of rotatable bonds is 3. The molecule has 0 aromatic heterocycles. The van der Waals surface area contributed by atoms with Crippen molar-refractivity contribution in [2.45, 2.75) is 18.8 Å². The summed E-state index contributed by atoms with van der Waals surface area (Å²) in [6, 6.07) is 13.8. The molecule has 1 aliphatic rings. The Morgan fingerprint density at radius 2 is 1.54 bits per heavy atom. The SMILES string of the molecule is O=C1CC(c2ccccc2)CC(=O)C1C(=O)c1ccc(Cl)cc1Cl. The number of hydrogen-bond acceptors (Lipinski definition) is 3. The fourth-order valence-corrected chi connectivity index (χ4v) is 3.57. The second-order valence-corrected chi connectivity index (χ2v) is 6.71. The number of benzene rings is 2. The van der Waals surface area contributed by atoms with Gasteiger partial charge in [0, 0.05) is 23.4 Å². The average Bonchev–Trinajstić information content (AvgIpc) is 2.54. The molecular formula is C19H14Cl2O3. The molecule has 0 unspecified atom stereocenters. The van der Waals surface area contributed by atoms with Crippen LogP contribution >= 0.6 is 23.2 Å². The van der Waals surface area contributed by atoms with Gasteiger partial charge in [0.2, 0.25) is 0 Å². The monoisotopic (exact) mass is 360 g/mol. The van der Waals surface area contributed by atoms with Gasteiger partial charge in [0.15, 0.2) is 17.3 Å². The Morgan fingerprint density at radius 1 is 0.917 bits per heavy atom. The van der Waals surface area contributed by atoms with Gasteiger partial charge < -0.3 is 0 Å². The standard InChI is InChI=1S/C19H14Cl2O3/c20-13-6-7-14(15(21)10-13)19(24)18-16(22)8-12(9-17(18)23)11-4-2-1-3-5-11/h1-7,10,12,18H,8-9H2. The summed E-state index contributed by atoms with van der Waals surface area (Å²) in [4.78, 5) is 37.6. The highest BCUT2D eigenvalue weighted by Crippen LogP contribution is 2.34. The average molecular weight is 361 g/mol. The van der Waals surface area contributed by atoms with E-state index in [1.54, 1.807) is 0 Å². The van der Waals surface area contributed by atoms with E-state index in [0.717, 1.165) is 5.56 Å². The lowest BCUT2D eigenvalue weighted by atomic mass is 9.74. The van der Waals surface area contributed by atoms with Crippen molar-refractivity contribution in [2.24, 2.45) is 5.92 Å². The molecule has 1 saturated carbocycles. The van der Waals surface area contributed by atoms with E-state index in [1.165, 1.54) is 18.2 Å². The van der Waals surface area contributed by atoms with Crippen LogP contribution in [0.25, 0.3) is 0 Å². The largest absolute Gasteiger partial charge is 0.298 e. The van der Waals surface area contributed by atoms with Gasteiger partial charge in [-0.3, -0.25) is 14.4 Å². The van der Waals surface area contributed by atoms with Crippen molar-refractivity contribution in [3.63, 3.8) is 0 Å². The molecule has 24 heavy (non-hydrogen) atoms. The highest BCUT2D eigenvalue weighted by atomic mass is 35.5. The minimum Gasteiger partial charge on any atom is -0.298 e. The van der Waals surface area contributed by atoms with Crippen LogP contribution < -0.4 is 0 Å². The molecule has 1 aliphatic carbocycles. The Bertz CT molecular complexity index is 797. The molecule has 5 heteroatoms. The molecule has 0 saturated heterocycles. The van der Waals surface area contributed by atoms with Crippen LogP contribution in [0, 0.1) is 5.92 Å². The van der Waals surface area contributed by atoms with Crippen LogP contribution in [0.15, 0.2) is 48.5 Å². The predicted octanol–water partition coefficient (Wildman–Crippen LogP) is 4.51. The van der Waals surface area contributed by atoms with Gasteiger partial charge in [-0.05, 0) is 29.7 Å². The van der Waals surface area contributed by atoms with Crippen LogP contribution in [-0.2, 0) is 9.59 Å². The van der Waals surface area contributed by atoms with Crippen molar-refractivity contribution in [1.29, 1.82) is 0 Å². The number of halogens is 2. The maximum absolute atomic E-state index is 12.6. The van der Waals surface area contributed by atoms with Crippen LogP contribution in [0.5, 0.6) is 0 Å². The first kappa shape index (κ1) is 16.9. The Morgan fingerprint density at radius 3 is 2.12 bits per heavy atom. The molecule has 122 valence electrons.